The summed E-state index contributed by atoms with van der Waals surface area (Å²) in [5.41, 5.74) is -2.24. The highest BCUT2D eigenvalue weighted by Gasteiger charge is 2.37. The number of ether oxygens (including phenoxy) is 3. The summed E-state index contributed by atoms with van der Waals surface area (Å²) in [5.74, 6) is -3.19. The fourth-order valence-electron chi connectivity index (χ4n) is 1.27. The summed E-state index contributed by atoms with van der Waals surface area (Å²) in [7, 11) is 1.91. The first-order valence-electron chi connectivity index (χ1n) is 4.90. The molecule has 0 atom stereocenters. The smallest absolute Gasteiger partial charge is 0.481 e. The summed E-state index contributed by atoms with van der Waals surface area (Å²) in [6, 6.07) is 0.707. The number of pyridine rings is 1. The summed E-state index contributed by atoms with van der Waals surface area (Å²) in [5, 5.41) is 0. The van der Waals surface area contributed by atoms with Crippen molar-refractivity contribution in [3.63, 3.8) is 0 Å². The van der Waals surface area contributed by atoms with Crippen LogP contribution in [0.2, 0.25) is 0 Å². The number of carbonyl (C=O) groups is 1. The minimum Gasteiger partial charge on any atom is -0.481 e. The van der Waals surface area contributed by atoms with Crippen molar-refractivity contribution in [2.45, 2.75) is 12.8 Å². The zero-order valence-electron chi connectivity index (χ0n) is 10.1. The molecule has 5 nitrogen and oxygen atoms in total. The van der Waals surface area contributed by atoms with Crippen LogP contribution in [0.3, 0.4) is 0 Å². The lowest BCUT2D eigenvalue weighted by atomic mass is 10.2. The Morgan fingerprint density at radius 1 is 1.30 bits per heavy atom. The van der Waals surface area contributed by atoms with E-state index >= 15 is 0 Å². The zero-order chi connectivity index (χ0) is 15.5. The molecule has 0 aromatic carbocycles. The van der Waals surface area contributed by atoms with Gasteiger partial charge in [0.05, 0.1) is 14.2 Å². The number of alkyl halides is 5. The van der Waals surface area contributed by atoms with Gasteiger partial charge in [-0.25, -0.2) is 18.6 Å². The van der Waals surface area contributed by atoms with E-state index in [1.807, 2.05) is 0 Å². The Morgan fingerprint density at radius 3 is 2.30 bits per heavy atom. The molecule has 0 amide bonds. The predicted octanol–water partition coefficient (Wildman–Crippen LogP) is 2.71. The van der Waals surface area contributed by atoms with E-state index in [4.69, 9.17) is 0 Å². The topological polar surface area (TPSA) is 57.7 Å². The van der Waals surface area contributed by atoms with Gasteiger partial charge in [0.2, 0.25) is 5.88 Å². The predicted molar refractivity (Wildman–Crippen MR) is 53.8 cm³/mol. The van der Waals surface area contributed by atoms with Crippen LogP contribution in [0.5, 0.6) is 11.6 Å². The van der Waals surface area contributed by atoms with Gasteiger partial charge in [-0.2, -0.15) is 0 Å². The van der Waals surface area contributed by atoms with E-state index in [0.717, 1.165) is 14.2 Å². The SMILES string of the molecule is COC(=O)c1cc(OC)nc(C(F)F)c1OC(F)(F)F. The van der Waals surface area contributed by atoms with Crippen molar-refractivity contribution in [1.82, 2.24) is 4.98 Å². The van der Waals surface area contributed by atoms with Crippen molar-refractivity contribution >= 4 is 5.97 Å². The number of nitrogens with zero attached hydrogens (tertiary/aromatic N) is 1. The van der Waals surface area contributed by atoms with Gasteiger partial charge in [-0.05, 0) is 0 Å². The molecule has 0 radical (unpaired) electrons. The average molecular weight is 301 g/mol. The van der Waals surface area contributed by atoms with E-state index in [1.165, 1.54) is 0 Å². The molecule has 0 bridgehead atoms. The summed E-state index contributed by atoms with van der Waals surface area (Å²) >= 11 is 0. The Bertz CT molecular complexity index is 503. The highest BCUT2D eigenvalue weighted by atomic mass is 19.4. The Kier molecular flexibility index (Phi) is 4.69. The maximum absolute atomic E-state index is 12.7. The molecular formula is C10H8F5NO4. The normalized spacial score (nSPS) is 11.4. The van der Waals surface area contributed by atoms with Gasteiger partial charge >= 0.3 is 12.3 Å². The lowest BCUT2D eigenvalue weighted by Crippen LogP contribution is -2.21. The first kappa shape index (κ1) is 15.9. The summed E-state index contributed by atoms with van der Waals surface area (Å²) in [6.45, 7) is 0. The standard InChI is InChI=1S/C10H8F5NO4/c1-18-5-3-4(9(17)19-2)7(20-10(13,14)15)6(16-5)8(11)12/h3,8H,1-2H3. The number of aromatic nitrogens is 1. The van der Waals surface area contributed by atoms with Gasteiger partial charge < -0.3 is 14.2 Å². The molecule has 1 heterocycles. The van der Waals surface area contributed by atoms with E-state index in [1.54, 1.807) is 0 Å². The van der Waals surface area contributed by atoms with Crippen molar-refractivity contribution < 1.29 is 41.0 Å². The van der Waals surface area contributed by atoms with Gasteiger partial charge in [-0.1, -0.05) is 0 Å². The maximum Gasteiger partial charge on any atom is 0.573 e. The number of carbonyl (C=O) groups excluding carboxylic acids is 1. The molecule has 0 aliphatic carbocycles. The highest BCUT2D eigenvalue weighted by molar-refractivity contribution is 5.93. The van der Waals surface area contributed by atoms with Crippen molar-refractivity contribution in [2.24, 2.45) is 0 Å². The summed E-state index contributed by atoms with van der Waals surface area (Å²) in [4.78, 5) is 14.5. The first-order chi connectivity index (χ1) is 9.19. The molecule has 0 aliphatic rings. The van der Waals surface area contributed by atoms with E-state index in [0.29, 0.717) is 6.07 Å². The highest BCUT2D eigenvalue weighted by Crippen LogP contribution is 2.36. The number of esters is 1. The Morgan fingerprint density at radius 2 is 1.90 bits per heavy atom. The van der Waals surface area contributed by atoms with Crippen LogP contribution >= 0.6 is 0 Å². The average Bonchev–Trinajstić information content (AvgIpc) is 2.35. The van der Waals surface area contributed by atoms with Crippen molar-refractivity contribution in [3.8, 4) is 11.6 Å². The Balaban J connectivity index is 3.51. The molecule has 0 spiro atoms. The maximum atomic E-state index is 12.7. The monoisotopic (exact) mass is 301 g/mol. The van der Waals surface area contributed by atoms with E-state index < -0.39 is 41.6 Å². The second-order valence-corrected chi connectivity index (χ2v) is 3.27. The number of halogens is 5. The molecule has 20 heavy (non-hydrogen) atoms. The first-order valence-corrected chi connectivity index (χ1v) is 4.90. The number of hydrogen-bond acceptors (Lipinski definition) is 5. The second kappa shape index (κ2) is 5.88. The van der Waals surface area contributed by atoms with Crippen LogP contribution in [-0.4, -0.2) is 31.5 Å². The molecule has 1 rings (SSSR count). The van der Waals surface area contributed by atoms with Crippen molar-refractivity contribution in [1.29, 1.82) is 0 Å². The zero-order valence-corrected chi connectivity index (χ0v) is 10.1. The largest absolute Gasteiger partial charge is 0.573 e. The molecular weight excluding hydrogens is 293 g/mol. The number of methoxy groups -OCH3 is 2. The van der Waals surface area contributed by atoms with Crippen molar-refractivity contribution in [3.05, 3.63) is 17.3 Å². The fraction of sp³-hybridized carbons (Fsp3) is 0.400. The lowest BCUT2D eigenvalue weighted by molar-refractivity contribution is -0.275. The van der Waals surface area contributed by atoms with Gasteiger partial charge in [0.15, 0.2) is 11.4 Å². The number of rotatable bonds is 4. The van der Waals surface area contributed by atoms with E-state index in [9.17, 15) is 26.7 Å². The minimum absolute atomic E-state index is 0.477. The molecule has 0 fully saturated rings. The van der Waals surface area contributed by atoms with Crippen LogP contribution in [0.15, 0.2) is 6.07 Å². The Hall–Kier alpha value is -2.13. The Labute approximate surface area is 109 Å². The number of hydrogen-bond donors (Lipinski definition) is 0. The van der Waals surface area contributed by atoms with Crippen LogP contribution in [0.4, 0.5) is 22.0 Å². The summed E-state index contributed by atoms with van der Waals surface area (Å²) in [6.07, 6.45) is -8.69. The van der Waals surface area contributed by atoms with Gasteiger partial charge in [0, 0.05) is 6.07 Å². The minimum atomic E-state index is -5.28. The summed E-state index contributed by atoms with van der Waals surface area (Å²) < 4.78 is 74.4. The van der Waals surface area contributed by atoms with Gasteiger partial charge in [-0.15, -0.1) is 13.2 Å². The second-order valence-electron chi connectivity index (χ2n) is 3.27. The molecule has 1 aromatic rings. The molecule has 0 unspecified atom stereocenters. The van der Waals surface area contributed by atoms with Crippen LogP contribution in [0, 0.1) is 0 Å². The van der Waals surface area contributed by atoms with Gasteiger partial charge in [-0.3, -0.25) is 0 Å². The molecule has 0 saturated carbocycles. The molecule has 0 saturated heterocycles. The quantitative estimate of drug-likeness (QED) is 0.632. The molecule has 0 aliphatic heterocycles. The fourth-order valence-corrected chi connectivity index (χ4v) is 1.27. The van der Waals surface area contributed by atoms with Gasteiger partial charge in [0.1, 0.15) is 5.56 Å². The molecule has 10 heteroatoms. The third-order valence-corrected chi connectivity index (χ3v) is 2.01. The van der Waals surface area contributed by atoms with E-state index in [-0.39, 0.29) is 0 Å². The van der Waals surface area contributed by atoms with Crippen LogP contribution in [0.25, 0.3) is 0 Å². The molecule has 112 valence electrons. The lowest BCUT2D eigenvalue weighted by Gasteiger charge is -2.16. The van der Waals surface area contributed by atoms with E-state index in [2.05, 4.69) is 19.2 Å². The van der Waals surface area contributed by atoms with Crippen LogP contribution in [-0.2, 0) is 4.74 Å². The molecule has 1 aromatic heterocycles. The third-order valence-electron chi connectivity index (χ3n) is 2.01. The molecule has 0 N–H and O–H groups in total. The third kappa shape index (κ3) is 3.68. The van der Waals surface area contributed by atoms with Crippen LogP contribution < -0.4 is 9.47 Å². The van der Waals surface area contributed by atoms with Crippen LogP contribution in [0.1, 0.15) is 22.5 Å². The van der Waals surface area contributed by atoms with Crippen molar-refractivity contribution in [2.75, 3.05) is 14.2 Å². The van der Waals surface area contributed by atoms with Gasteiger partial charge in [0.25, 0.3) is 6.43 Å².